The van der Waals surface area contributed by atoms with Crippen LogP contribution in [0.25, 0.3) is 0 Å². The molecular formula is C21H26N2O3. The molecular weight excluding hydrogens is 328 g/mol. The molecule has 2 aromatic carbocycles. The summed E-state index contributed by atoms with van der Waals surface area (Å²) in [4.78, 5) is 17.0. The molecule has 26 heavy (non-hydrogen) atoms. The predicted octanol–water partition coefficient (Wildman–Crippen LogP) is 3.11. The first-order chi connectivity index (χ1) is 12.6. The molecule has 1 amide bonds. The molecule has 138 valence electrons. The summed E-state index contributed by atoms with van der Waals surface area (Å²) in [5, 5.41) is 19.2. The third-order valence-corrected chi connectivity index (χ3v) is 4.98. The van der Waals surface area contributed by atoms with Gasteiger partial charge < -0.3 is 15.1 Å². The van der Waals surface area contributed by atoms with E-state index in [1.165, 1.54) is 6.07 Å². The zero-order valence-electron chi connectivity index (χ0n) is 15.1. The van der Waals surface area contributed by atoms with E-state index in [4.69, 9.17) is 0 Å². The lowest BCUT2D eigenvalue weighted by molar-refractivity contribution is -0.133. The number of amides is 1. The lowest BCUT2D eigenvalue weighted by Gasteiger charge is -2.31. The summed E-state index contributed by atoms with van der Waals surface area (Å²) >= 11 is 0. The maximum absolute atomic E-state index is 12.7. The largest absolute Gasteiger partial charge is 0.504 e. The molecule has 2 aromatic rings. The second-order valence-electron chi connectivity index (χ2n) is 6.88. The molecule has 1 aliphatic heterocycles. The number of aromatic hydroxyl groups is 2. The topological polar surface area (TPSA) is 64.0 Å². The highest BCUT2D eigenvalue weighted by Gasteiger charge is 2.28. The number of rotatable bonds is 5. The first kappa shape index (κ1) is 18.3. The number of hydrogen-bond donors (Lipinski definition) is 2. The van der Waals surface area contributed by atoms with Crippen molar-refractivity contribution in [2.75, 3.05) is 13.1 Å². The minimum atomic E-state index is -0.111. The highest BCUT2D eigenvalue weighted by molar-refractivity contribution is 5.77. The summed E-state index contributed by atoms with van der Waals surface area (Å²) in [6.07, 6.45) is 1.39. The van der Waals surface area contributed by atoms with Crippen molar-refractivity contribution in [3.63, 3.8) is 0 Å². The van der Waals surface area contributed by atoms with Gasteiger partial charge in [-0.15, -0.1) is 0 Å². The molecule has 1 heterocycles. The molecule has 0 bridgehead atoms. The number of nitrogens with zero attached hydrogens (tertiary/aromatic N) is 2. The zero-order valence-corrected chi connectivity index (χ0v) is 15.1. The van der Waals surface area contributed by atoms with Crippen LogP contribution in [0, 0.1) is 0 Å². The molecule has 5 heteroatoms. The smallest absolute Gasteiger partial charge is 0.224 e. The van der Waals surface area contributed by atoms with Crippen molar-refractivity contribution in [1.29, 1.82) is 0 Å². The summed E-state index contributed by atoms with van der Waals surface area (Å²) in [7, 11) is 0. The molecule has 1 fully saturated rings. The van der Waals surface area contributed by atoms with Gasteiger partial charge in [0.15, 0.2) is 11.5 Å². The standard InChI is InChI=1S/C21H26N2O3/c1-2-18-15-22(13-17-8-9-19(24)20(25)12-17)11-10-21(26)23(18)14-16-6-4-3-5-7-16/h3-9,12,18,24-25H,2,10-11,13-15H2,1H3/t18-/m1/s1. The number of phenolic OH excluding ortho intramolecular Hbond substituents is 2. The van der Waals surface area contributed by atoms with E-state index in [0.29, 0.717) is 26.1 Å². The van der Waals surface area contributed by atoms with Gasteiger partial charge in [-0.3, -0.25) is 9.69 Å². The second kappa shape index (κ2) is 8.23. The number of hydrogen-bond acceptors (Lipinski definition) is 4. The average Bonchev–Trinajstić information content (AvgIpc) is 2.79. The molecule has 0 spiro atoms. The van der Waals surface area contributed by atoms with E-state index in [1.807, 2.05) is 29.2 Å². The minimum Gasteiger partial charge on any atom is -0.504 e. The van der Waals surface area contributed by atoms with Crippen molar-refractivity contribution in [1.82, 2.24) is 9.80 Å². The van der Waals surface area contributed by atoms with Crippen LogP contribution in [-0.2, 0) is 17.9 Å². The molecule has 0 aromatic heterocycles. The van der Waals surface area contributed by atoms with Crippen molar-refractivity contribution in [3.05, 3.63) is 59.7 Å². The van der Waals surface area contributed by atoms with Crippen LogP contribution in [0.2, 0.25) is 0 Å². The SMILES string of the molecule is CC[C@@H]1CN(Cc2ccc(O)c(O)c2)CCC(=O)N1Cc1ccccc1. The minimum absolute atomic E-state index is 0.105. The van der Waals surface area contributed by atoms with Crippen molar-refractivity contribution >= 4 is 5.91 Å². The number of phenols is 2. The zero-order chi connectivity index (χ0) is 18.5. The van der Waals surface area contributed by atoms with E-state index in [9.17, 15) is 15.0 Å². The lowest BCUT2D eigenvalue weighted by atomic mass is 10.1. The maximum Gasteiger partial charge on any atom is 0.224 e. The lowest BCUT2D eigenvalue weighted by Crippen LogP contribution is -2.42. The van der Waals surface area contributed by atoms with Gasteiger partial charge in [0.2, 0.25) is 5.91 Å². The molecule has 0 radical (unpaired) electrons. The summed E-state index contributed by atoms with van der Waals surface area (Å²) in [6.45, 7) is 4.91. The summed E-state index contributed by atoms with van der Waals surface area (Å²) in [5.41, 5.74) is 2.08. The van der Waals surface area contributed by atoms with Crippen LogP contribution in [0.1, 0.15) is 30.9 Å². The fourth-order valence-corrected chi connectivity index (χ4v) is 3.50. The first-order valence-electron chi connectivity index (χ1n) is 9.13. The predicted molar refractivity (Wildman–Crippen MR) is 101 cm³/mol. The molecule has 0 unspecified atom stereocenters. The number of carbonyl (C=O) groups is 1. The van der Waals surface area contributed by atoms with Gasteiger partial charge in [-0.1, -0.05) is 43.3 Å². The van der Waals surface area contributed by atoms with Gasteiger partial charge in [0.05, 0.1) is 0 Å². The van der Waals surface area contributed by atoms with E-state index in [1.54, 1.807) is 6.07 Å². The monoisotopic (exact) mass is 354 g/mol. The van der Waals surface area contributed by atoms with Crippen molar-refractivity contribution in [2.45, 2.75) is 38.9 Å². The van der Waals surface area contributed by atoms with Crippen LogP contribution in [0.5, 0.6) is 11.5 Å². The second-order valence-corrected chi connectivity index (χ2v) is 6.88. The van der Waals surface area contributed by atoms with Crippen molar-refractivity contribution in [2.24, 2.45) is 0 Å². The normalized spacial score (nSPS) is 18.7. The van der Waals surface area contributed by atoms with Crippen LogP contribution < -0.4 is 0 Å². The molecule has 0 saturated carbocycles. The Bertz CT molecular complexity index is 748. The van der Waals surface area contributed by atoms with Crippen LogP contribution in [0.15, 0.2) is 48.5 Å². The molecule has 0 aliphatic carbocycles. The first-order valence-corrected chi connectivity index (χ1v) is 9.13. The molecule has 5 nitrogen and oxygen atoms in total. The van der Waals surface area contributed by atoms with Gasteiger partial charge in [-0.05, 0) is 29.7 Å². The van der Waals surface area contributed by atoms with Crippen LogP contribution in [-0.4, -0.2) is 45.1 Å². The Hall–Kier alpha value is -2.53. The molecule has 1 saturated heterocycles. The fourth-order valence-electron chi connectivity index (χ4n) is 3.50. The Balaban J connectivity index is 1.72. The third-order valence-electron chi connectivity index (χ3n) is 4.98. The Morgan fingerprint density at radius 3 is 2.46 bits per heavy atom. The van der Waals surface area contributed by atoms with Crippen LogP contribution in [0.3, 0.4) is 0 Å². The highest BCUT2D eigenvalue weighted by Crippen LogP contribution is 2.26. The summed E-state index contributed by atoms with van der Waals surface area (Å²) < 4.78 is 0. The van der Waals surface area contributed by atoms with Gasteiger partial charge in [-0.25, -0.2) is 0 Å². The van der Waals surface area contributed by atoms with E-state index in [0.717, 1.165) is 24.1 Å². The van der Waals surface area contributed by atoms with Gasteiger partial charge >= 0.3 is 0 Å². The Kier molecular flexibility index (Phi) is 5.78. The van der Waals surface area contributed by atoms with E-state index in [-0.39, 0.29) is 23.4 Å². The van der Waals surface area contributed by atoms with Gasteiger partial charge in [-0.2, -0.15) is 0 Å². The van der Waals surface area contributed by atoms with E-state index in [2.05, 4.69) is 24.0 Å². The quantitative estimate of drug-likeness (QED) is 0.810. The summed E-state index contributed by atoms with van der Waals surface area (Å²) in [6, 6.07) is 15.2. The molecule has 3 rings (SSSR count). The van der Waals surface area contributed by atoms with Crippen LogP contribution in [0.4, 0.5) is 0 Å². The summed E-state index contributed by atoms with van der Waals surface area (Å²) in [5.74, 6) is -0.0248. The third kappa shape index (κ3) is 4.35. The van der Waals surface area contributed by atoms with Crippen LogP contribution >= 0.6 is 0 Å². The Morgan fingerprint density at radius 1 is 1.00 bits per heavy atom. The number of benzene rings is 2. The Labute approximate surface area is 154 Å². The van der Waals surface area contributed by atoms with Gasteiger partial charge in [0.25, 0.3) is 0 Å². The van der Waals surface area contributed by atoms with Gasteiger partial charge in [0.1, 0.15) is 0 Å². The molecule has 1 atom stereocenters. The van der Waals surface area contributed by atoms with E-state index < -0.39 is 0 Å². The highest BCUT2D eigenvalue weighted by atomic mass is 16.3. The average molecular weight is 354 g/mol. The fraction of sp³-hybridized carbons (Fsp3) is 0.381. The number of carbonyl (C=O) groups excluding carboxylic acids is 1. The van der Waals surface area contributed by atoms with E-state index >= 15 is 0 Å². The molecule has 1 aliphatic rings. The Morgan fingerprint density at radius 2 is 1.77 bits per heavy atom. The van der Waals surface area contributed by atoms with Gasteiger partial charge in [0, 0.05) is 38.6 Å². The van der Waals surface area contributed by atoms with Crippen molar-refractivity contribution in [3.8, 4) is 11.5 Å². The maximum atomic E-state index is 12.7. The van der Waals surface area contributed by atoms with Crippen molar-refractivity contribution < 1.29 is 15.0 Å². The molecule has 2 N–H and O–H groups in total.